The number of hydrogen-bond donors (Lipinski definition) is 0. The Bertz CT molecular complexity index is 1430. The fraction of sp³-hybridized carbons (Fsp3) is 0.125. The number of anilines is 1. The molecule has 0 radical (unpaired) electrons. The first-order valence-corrected chi connectivity index (χ1v) is 11.3. The van der Waals surface area contributed by atoms with Crippen LogP contribution in [0.3, 0.4) is 0 Å². The molecule has 0 spiro atoms. The lowest BCUT2D eigenvalue weighted by Gasteiger charge is -2.14. The second-order valence-electron chi connectivity index (χ2n) is 6.80. The predicted octanol–water partition coefficient (Wildman–Crippen LogP) is 3.66. The summed E-state index contributed by atoms with van der Waals surface area (Å²) in [5.41, 5.74) is 3.22. The molecule has 7 heteroatoms. The van der Waals surface area contributed by atoms with E-state index in [4.69, 9.17) is 0 Å². The third kappa shape index (κ3) is 3.82. The summed E-state index contributed by atoms with van der Waals surface area (Å²) in [6.45, 7) is 2.23. The Balaban J connectivity index is 1.74. The van der Waals surface area contributed by atoms with Gasteiger partial charge in [-0.3, -0.25) is 9.36 Å². The van der Waals surface area contributed by atoms with Crippen molar-refractivity contribution < 1.29 is 0 Å². The summed E-state index contributed by atoms with van der Waals surface area (Å²) in [5, 5.41) is 19.4. The van der Waals surface area contributed by atoms with E-state index >= 15 is 0 Å². The molecule has 0 fully saturated rings. The fourth-order valence-corrected chi connectivity index (χ4v) is 5.49. The third-order valence-electron chi connectivity index (χ3n) is 5.01. The number of benzene rings is 2. The zero-order valence-electron chi connectivity index (χ0n) is 17.0. The van der Waals surface area contributed by atoms with Crippen LogP contribution in [0.25, 0.3) is 22.8 Å². The summed E-state index contributed by atoms with van der Waals surface area (Å²) in [4.78, 5) is 16.0. The molecule has 0 atom stereocenters. The second kappa shape index (κ2) is 8.69. The molecule has 3 aromatic rings. The van der Waals surface area contributed by atoms with Crippen molar-refractivity contribution in [2.24, 2.45) is 0 Å². The smallest absolute Gasteiger partial charge is 0.269 e. The molecule has 0 saturated carbocycles. The van der Waals surface area contributed by atoms with Crippen molar-refractivity contribution >= 4 is 40.4 Å². The van der Waals surface area contributed by atoms with Gasteiger partial charge in [-0.05, 0) is 42.3 Å². The Labute approximate surface area is 188 Å². The molecule has 5 nitrogen and oxygen atoms in total. The molecule has 2 heterocycles. The van der Waals surface area contributed by atoms with E-state index in [0.717, 1.165) is 21.2 Å². The van der Waals surface area contributed by atoms with E-state index in [1.165, 1.54) is 21.5 Å². The number of allylic oxidation sites excluding steroid dienone is 1. The lowest BCUT2D eigenvalue weighted by molar-refractivity contribution is 0.722. The average Bonchev–Trinajstić information content (AvgIpc) is 3.29. The minimum atomic E-state index is -0.183. The van der Waals surface area contributed by atoms with Crippen molar-refractivity contribution in [1.82, 2.24) is 4.57 Å². The molecule has 0 bridgehead atoms. The number of aromatic nitrogens is 1. The van der Waals surface area contributed by atoms with Gasteiger partial charge in [-0.2, -0.15) is 10.5 Å². The molecule has 152 valence electrons. The van der Waals surface area contributed by atoms with Crippen LogP contribution in [-0.2, 0) is 6.54 Å². The zero-order chi connectivity index (χ0) is 22.0. The Hall–Kier alpha value is -3.52. The van der Waals surface area contributed by atoms with Crippen molar-refractivity contribution in [3.05, 3.63) is 79.2 Å². The van der Waals surface area contributed by atoms with Crippen molar-refractivity contribution in [1.29, 1.82) is 10.5 Å². The summed E-state index contributed by atoms with van der Waals surface area (Å²) in [6.07, 6.45) is 3.69. The topological polar surface area (TPSA) is 72.8 Å². The number of nitrogens with zero attached hydrogens (tertiary/aromatic N) is 4. The largest absolute Gasteiger partial charge is 0.338 e. The fourth-order valence-electron chi connectivity index (χ4n) is 3.40. The summed E-state index contributed by atoms with van der Waals surface area (Å²) in [6, 6.07) is 20.4. The molecule has 0 amide bonds. The highest BCUT2D eigenvalue weighted by molar-refractivity contribution is 8.03. The normalized spacial score (nSPS) is 14.4. The SMILES string of the molecule is CCn1c(=C(C#N)C#N)sc(=C/C=C2\Sc3ccc(-c4ccccc4)cc3N2C)c1=O. The summed E-state index contributed by atoms with van der Waals surface area (Å²) < 4.78 is 2.39. The molecule has 4 rings (SSSR count). The Kier molecular flexibility index (Phi) is 5.81. The van der Waals surface area contributed by atoms with Gasteiger partial charge < -0.3 is 4.90 Å². The van der Waals surface area contributed by atoms with Gasteiger partial charge in [-0.15, -0.1) is 11.3 Å². The monoisotopic (exact) mass is 442 g/mol. The number of fused-ring (bicyclic) bond motifs is 1. The summed E-state index contributed by atoms with van der Waals surface area (Å²) >= 11 is 2.82. The molecule has 0 saturated heterocycles. The number of thioether (sulfide) groups is 1. The van der Waals surface area contributed by atoms with E-state index < -0.39 is 0 Å². The van der Waals surface area contributed by atoms with Crippen LogP contribution in [-0.4, -0.2) is 11.6 Å². The van der Waals surface area contributed by atoms with Crippen molar-refractivity contribution in [2.45, 2.75) is 18.4 Å². The van der Waals surface area contributed by atoms with Gasteiger partial charge >= 0.3 is 0 Å². The zero-order valence-corrected chi connectivity index (χ0v) is 18.6. The Morgan fingerprint density at radius 2 is 1.81 bits per heavy atom. The third-order valence-corrected chi connectivity index (χ3v) is 7.34. The minimum Gasteiger partial charge on any atom is -0.338 e. The van der Waals surface area contributed by atoms with Crippen LogP contribution < -0.4 is 19.7 Å². The lowest BCUT2D eigenvalue weighted by atomic mass is 10.1. The highest BCUT2D eigenvalue weighted by Gasteiger charge is 2.22. The van der Waals surface area contributed by atoms with Crippen molar-refractivity contribution in [3.63, 3.8) is 0 Å². The van der Waals surface area contributed by atoms with E-state index in [0.29, 0.717) is 15.7 Å². The van der Waals surface area contributed by atoms with Gasteiger partial charge in [0.2, 0.25) is 0 Å². The van der Waals surface area contributed by atoms with Gasteiger partial charge in [-0.25, -0.2) is 0 Å². The molecule has 1 aromatic heterocycles. The Morgan fingerprint density at radius 1 is 1.06 bits per heavy atom. The highest BCUT2D eigenvalue weighted by atomic mass is 32.2. The predicted molar refractivity (Wildman–Crippen MR) is 127 cm³/mol. The van der Waals surface area contributed by atoms with Crippen LogP contribution in [0.5, 0.6) is 0 Å². The summed E-state index contributed by atoms with van der Waals surface area (Å²) in [5.74, 6) is 0. The number of nitriles is 2. The Morgan fingerprint density at radius 3 is 2.48 bits per heavy atom. The van der Waals surface area contributed by atoms with Gasteiger partial charge in [0.25, 0.3) is 5.56 Å². The highest BCUT2D eigenvalue weighted by Crippen LogP contribution is 2.46. The molecule has 1 aliphatic rings. The van der Waals surface area contributed by atoms with Crippen LogP contribution >= 0.6 is 23.1 Å². The standard InChI is InChI=1S/C24H18N4OS2/c1-3-28-23(29)21(31-24(28)18(14-25)15-26)11-12-22-27(2)19-13-17(9-10-20(19)30-22)16-7-5-4-6-8-16/h4-13H,3H2,1-2H3/b21-11?,22-12-. The quantitative estimate of drug-likeness (QED) is 0.619. The van der Waals surface area contributed by atoms with Crippen molar-refractivity contribution in [2.75, 3.05) is 11.9 Å². The van der Waals surface area contributed by atoms with Crippen LogP contribution in [0.2, 0.25) is 0 Å². The lowest BCUT2D eigenvalue weighted by Crippen LogP contribution is -2.31. The van der Waals surface area contributed by atoms with Gasteiger partial charge in [0.15, 0.2) is 5.57 Å². The van der Waals surface area contributed by atoms with Crippen molar-refractivity contribution in [3.8, 4) is 23.3 Å². The molecule has 0 aliphatic carbocycles. The molecule has 0 unspecified atom stereocenters. The average molecular weight is 443 g/mol. The maximum atomic E-state index is 12.7. The molecule has 1 aliphatic heterocycles. The number of hydrogen-bond acceptors (Lipinski definition) is 6. The van der Waals surface area contributed by atoms with E-state index in [-0.39, 0.29) is 11.1 Å². The minimum absolute atomic E-state index is 0.0375. The van der Waals surface area contributed by atoms with Crippen LogP contribution in [0.4, 0.5) is 5.69 Å². The maximum absolute atomic E-state index is 12.7. The summed E-state index contributed by atoms with van der Waals surface area (Å²) in [7, 11) is 2.01. The van der Waals surface area contributed by atoms with Crippen LogP contribution in [0.1, 0.15) is 6.92 Å². The number of rotatable bonds is 3. The van der Waals surface area contributed by atoms with Crippen LogP contribution in [0, 0.1) is 22.7 Å². The maximum Gasteiger partial charge on any atom is 0.269 e. The first-order chi connectivity index (χ1) is 15.1. The number of thiazole rings is 1. The molecule has 31 heavy (non-hydrogen) atoms. The van der Waals surface area contributed by atoms with Gasteiger partial charge in [-0.1, -0.05) is 48.2 Å². The van der Waals surface area contributed by atoms with Gasteiger partial charge in [0.1, 0.15) is 16.8 Å². The van der Waals surface area contributed by atoms with Gasteiger partial charge in [0.05, 0.1) is 15.2 Å². The molecular weight excluding hydrogens is 424 g/mol. The van der Waals surface area contributed by atoms with Crippen LogP contribution in [0.15, 0.2) is 69.3 Å². The second-order valence-corrected chi connectivity index (χ2v) is 8.89. The first-order valence-electron chi connectivity index (χ1n) is 9.64. The van der Waals surface area contributed by atoms with E-state index in [1.807, 2.05) is 50.4 Å². The van der Waals surface area contributed by atoms with Gasteiger partial charge in [0, 0.05) is 18.5 Å². The van der Waals surface area contributed by atoms with E-state index in [9.17, 15) is 15.3 Å². The molecule has 2 aromatic carbocycles. The molecule has 0 N–H and O–H groups in total. The first kappa shape index (κ1) is 20.7. The van der Waals surface area contributed by atoms with E-state index in [1.54, 1.807) is 17.8 Å². The van der Waals surface area contributed by atoms with E-state index in [2.05, 4.69) is 35.2 Å². The molecular formula is C24H18N4OS2.